The lowest BCUT2D eigenvalue weighted by Gasteiger charge is -2.16. The van der Waals surface area contributed by atoms with E-state index in [1.54, 1.807) is 59.4 Å². The number of aryl methyl sites for hydroxylation is 3. The van der Waals surface area contributed by atoms with Crippen LogP contribution in [0.1, 0.15) is 35.7 Å². The number of hydrogen-bond donors (Lipinski definition) is 0. The van der Waals surface area contributed by atoms with Gasteiger partial charge in [-0.2, -0.15) is 9.67 Å². The number of amides is 2. The lowest BCUT2D eigenvalue weighted by Crippen LogP contribution is -2.39. The van der Waals surface area contributed by atoms with E-state index in [4.69, 9.17) is 11.6 Å². The van der Waals surface area contributed by atoms with Crippen LogP contribution in [-0.2, 0) is 16.0 Å². The molecule has 1 aliphatic heterocycles. The summed E-state index contributed by atoms with van der Waals surface area (Å²) in [4.78, 5) is 29.0. The Kier molecular flexibility index (Phi) is 6.39. The van der Waals surface area contributed by atoms with Crippen molar-refractivity contribution in [2.45, 2.75) is 33.6 Å². The summed E-state index contributed by atoms with van der Waals surface area (Å²) in [5.41, 5.74) is 3.58. The van der Waals surface area contributed by atoms with Crippen LogP contribution in [0.25, 0.3) is 17.0 Å². The van der Waals surface area contributed by atoms with Crippen LogP contribution >= 0.6 is 11.6 Å². The fraction of sp³-hybridized carbons (Fsp3) is 0.172. The number of imide groups is 1. The summed E-state index contributed by atoms with van der Waals surface area (Å²) in [5.74, 6) is -1.53. The van der Waals surface area contributed by atoms with Crippen molar-refractivity contribution in [1.29, 1.82) is 0 Å². The molecule has 0 saturated heterocycles. The fourth-order valence-corrected chi connectivity index (χ4v) is 4.72. The van der Waals surface area contributed by atoms with Gasteiger partial charge in [-0.3, -0.25) is 9.59 Å². The first kappa shape index (κ1) is 24.5. The highest BCUT2D eigenvalue weighted by molar-refractivity contribution is 6.53. The maximum Gasteiger partial charge on any atom is 0.331 e. The molecule has 0 saturated carbocycles. The van der Waals surface area contributed by atoms with Crippen LogP contribution in [0.2, 0.25) is 5.02 Å². The van der Waals surface area contributed by atoms with Gasteiger partial charge in [0.25, 0.3) is 11.6 Å². The summed E-state index contributed by atoms with van der Waals surface area (Å²) in [7, 11) is 0. The standard InChI is InChI=1S/C29H25ClN4O3/c1-4-7-23-24(28(36)34(31-23)22-10-5-9-20(30)16-22)25-26(32-15-6-8-19(3)17-32)29(37)33(27(25)35)21-13-11-18(2)12-14-21/h5-6,8-17H,4,7H2,1-3H3. The Morgan fingerprint density at radius 3 is 2.38 bits per heavy atom. The van der Waals surface area contributed by atoms with Gasteiger partial charge in [-0.15, -0.1) is 0 Å². The SMILES string of the molecule is CCCc1nn(-c2cccc(Cl)c2)c([O-])c1C1=C([n+]2cccc(C)c2)C(=O)N(c2ccc(C)cc2)C1=O. The van der Waals surface area contributed by atoms with E-state index < -0.39 is 17.7 Å². The predicted molar refractivity (Wildman–Crippen MR) is 140 cm³/mol. The van der Waals surface area contributed by atoms with Gasteiger partial charge in [-0.05, 0) is 62.5 Å². The molecular formula is C29H25ClN4O3. The van der Waals surface area contributed by atoms with E-state index in [-0.39, 0.29) is 16.8 Å². The Bertz CT molecular complexity index is 1570. The molecule has 186 valence electrons. The molecule has 0 N–H and O–H groups in total. The maximum atomic E-state index is 14.0. The van der Waals surface area contributed by atoms with Gasteiger partial charge in [-0.25, -0.2) is 9.58 Å². The highest BCUT2D eigenvalue weighted by Gasteiger charge is 2.47. The number of rotatable bonds is 6. The van der Waals surface area contributed by atoms with E-state index in [1.165, 1.54) is 4.68 Å². The minimum atomic E-state index is -0.557. The zero-order valence-corrected chi connectivity index (χ0v) is 21.5. The minimum absolute atomic E-state index is 0.0444. The van der Waals surface area contributed by atoms with E-state index >= 15 is 0 Å². The summed E-state index contributed by atoms with van der Waals surface area (Å²) < 4.78 is 2.87. The van der Waals surface area contributed by atoms with E-state index in [0.717, 1.165) is 16.0 Å². The molecule has 0 unspecified atom stereocenters. The Morgan fingerprint density at radius 1 is 0.946 bits per heavy atom. The van der Waals surface area contributed by atoms with E-state index in [2.05, 4.69) is 5.10 Å². The third-order valence-electron chi connectivity index (χ3n) is 6.26. The van der Waals surface area contributed by atoms with Gasteiger partial charge in [0.2, 0.25) is 0 Å². The number of anilines is 1. The third-order valence-corrected chi connectivity index (χ3v) is 6.50. The molecule has 0 spiro atoms. The number of halogens is 1. The van der Waals surface area contributed by atoms with E-state index in [0.29, 0.717) is 34.9 Å². The van der Waals surface area contributed by atoms with Gasteiger partial charge in [-0.1, -0.05) is 48.7 Å². The van der Waals surface area contributed by atoms with Gasteiger partial charge in [0.15, 0.2) is 12.4 Å². The van der Waals surface area contributed by atoms with Crippen LogP contribution in [-0.4, -0.2) is 21.6 Å². The number of pyridine rings is 1. The second-order valence-corrected chi connectivity index (χ2v) is 9.50. The number of hydrogen-bond acceptors (Lipinski definition) is 4. The van der Waals surface area contributed by atoms with Crippen LogP contribution in [0.5, 0.6) is 5.88 Å². The zero-order valence-electron chi connectivity index (χ0n) is 20.7. The van der Waals surface area contributed by atoms with Gasteiger partial charge in [0.05, 0.1) is 17.1 Å². The number of benzene rings is 2. The predicted octanol–water partition coefficient (Wildman–Crippen LogP) is 4.40. The Morgan fingerprint density at radius 2 is 1.70 bits per heavy atom. The van der Waals surface area contributed by atoms with Crippen molar-refractivity contribution in [2.75, 3.05) is 4.90 Å². The zero-order chi connectivity index (χ0) is 26.3. The molecule has 0 aliphatic carbocycles. The molecule has 0 atom stereocenters. The Balaban J connectivity index is 1.78. The van der Waals surface area contributed by atoms with Crippen LogP contribution in [0.3, 0.4) is 0 Å². The second kappa shape index (κ2) is 9.67. The smallest absolute Gasteiger partial charge is 0.331 e. The summed E-state index contributed by atoms with van der Waals surface area (Å²) >= 11 is 6.18. The number of aromatic nitrogens is 3. The van der Waals surface area contributed by atoms with Crippen LogP contribution in [0, 0.1) is 13.8 Å². The van der Waals surface area contributed by atoms with E-state index in [1.807, 2.05) is 39.0 Å². The van der Waals surface area contributed by atoms with Crippen LogP contribution in [0.4, 0.5) is 5.69 Å². The molecule has 1 aliphatic rings. The number of carbonyl (C=O) groups excluding carboxylic acids is 2. The molecule has 3 heterocycles. The molecule has 8 heteroatoms. The Labute approximate surface area is 219 Å². The van der Waals surface area contributed by atoms with Crippen molar-refractivity contribution < 1.29 is 19.3 Å². The van der Waals surface area contributed by atoms with E-state index in [9.17, 15) is 14.7 Å². The normalized spacial score (nSPS) is 13.7. The largest absolute Gasteiger partial charge is 0.858 e. The van der Waals surface area contributed by atoms with Crippen LogP contribution < -0.4 is 14.6 Å². The first-order valence-corrected chi connectivity index (χ1v) is 12.4. The van der Waals surface area contributed by atoms with Gasteiger partial charge < -0.3 is 5.11 Å². The highest BCUT2D eigenvalue weighted by Crippen LogP contribution is 2.39. The van der Waals surface area contributed by atoms with Gasteiger partial charge in [0, 0.05) is 22.2 Å². The summed E-state index contributed by atoms with van der Waals surface area (Å²) in [6.07, 6.45) is 4.63. The van der Waals surface area contributed by atoms with Crippen molar-refractivity contribution in [1.82, 2.24) is 9.78 Å². The Hall–Kier alpha value is -4.23. The molecule has 5 rings (SSSR count). The number of carbonyl (C=O) groups is 2. The summed E-state index contributed by atoms with van der Waals surface area (Å²) in [6, 6.07) is 17.6. The van der Waals surface area contributed by atoms with Gasteiger partial charge >= 0.3 is 5.91 Å². The molecule has 0 radical (unpaired) electrons. The lowest BCUT2D eigenvalue weighted by atomic mass is 10.0. The lowest BCUT2D eigenvalue weighted by molar-refractivity contribution is -0.577. The minimum Gasteiger partial charge on any atom is -0.858 e. The van der Waals surface area contributed by atoms with Crippen molar-refractivity contribution >= 4 is 40.4 Å². The second-order valence-electron chi connectivity index (χ2n) is 9.06. The van der Waals surface area contributed by atoms with Gasteiger partial charge in [0.1, 0.15) is 5.57 Å². The third kappa shape index (κ3) is 4.32. The molecular weight excluding hydrogens is 488 g/mol. The quantitative estimate of drug-likeness (QED) is 0.283. The molecule has 7 nitrogen and oxygen atoms in total. The maximum absolute atomic E-state index is 14.0. The average molecular weight is 513 g/mol. The average Bonchev–Trinajstić information content (AvgIpc) is 3.32. The van der Waals surface area contributed by atoms with Crippen molar-refractivity contribution in [3.05, 3.63) is 100 Å². The van der Waals surface area contributed by atoms with Crippen LogP contribution in [0.15, 0.2) is 73.1 Å². The highest BCUT2D eigenvalue weighted by atomic mass is 35.5. The molecule has 4 aromatic rings. The summed E-state index contributed by atoms with van der Waals surface area (Å²) in [5, 5.41) is 18.9. The van der Waals surface area contributed by atoms with Crippen molar-refractivity contribution in [3.8, 4) is 11.6 Å². The molecule has 0 fully saturated rings. The molecule has 37 heavy (non-hydrogen) atoms. The van der Waals surface area contributed by atoms with Crippen molar-refractivity contribution in [3.63, 3.8) is 0 Å². The molecule has 2 aromatic carbocycles. The molecule has 2 amide bonds. The summed E-state index contributed by atoms with van der Waals surface area (Å²) in [6.45, 7) is 5.80. The van der Waals surface area contributed by atoms with Crippen molar-refractivity contribution in [2.24, 2.45) is 0 Å². The first-order valence-electron chi connectivity index (χ1n) is 12.0. The monoisotopic (exact) mass is 512 g/mol. The first-order chi connectivity index (χ1) is 17.8. The fourth-order valence-electron chi connectivity index (χ4n) is 4.53. The number of nitrogens with zero attached hydrogens (tertiary/aromatic N) is 4. The topological polar surface area (TPSA) is 82.1 Å². The molecule has 2 aromatic heterocycles. The molecule has 0 bridgehead atoms.